The van der Waals surface area contributed by atoms with Gasteiger partial charge in [-0.15, -0.1) is 0 Å². The number of carboxylic acid groups (broad SMARTS) is 1. The van der Waals surface area contributed by atoms with Gasteiger partial charge in [0.1, 0.15) is 5.75 Å². The maximum Gasteiger partial charge on any atom is 0.341 e. The number of ether oxygens (including phenoxy) is 1. The number of aromatic amines is 1. The fourth-order valence-corrected chi connectivity index (χ4v) is 2.85. The molecule has 1 atom stereocenters. The first-order chi connectivity index (χ1) is 9.58. The van der Waals surface area contributed by atoms with Crippen molar-refractivity contribution >= 4 is 22.8 Å². The number of hydrogen-bond acceptors (Lipinski definition) is 3. The molecule has 6 heteroatoms. The fraction of sp³-hybridized carbons (Fsp3) is 0.286. The van der Waals surface area contributed by atoms with E-state index in [9.17, 15) is 9.59 Å². The molecule has 0 fully saturated rings. The van der Waals surface area contributed by atoms with Crippen molar-refractivity contribution < 1.29 is 19.4 Å². The average Bonchev–Trinajstić information content (AvgIpc) is 2.93. The van der Waals surface area contributed by atoms with E-state index in [-0.39, 0.29) is 11.8 Å². The van der Waals surface area contributed by atoms with Crippen LogP contribution in [0.25, 0.3) is 10.9 Å². The van der Waals surface area contributed by atoms with Gasteiger partial charge in [0.05, 0.1) is 5.92 Å². The fourth-order valence-electron chi connectivity index (χ4n) is 2.85. The van der Waals surface area contributed by atoms with Crippen LogP contribution >= 0.6 is 0 Å². The monoisotopic (exact) mass is 274 g/mol. The van der Waals surface area contributed by atoms with Crippen LogP contribution in [0.4, 0.5) is 0 Å². The summed E-state index contributed by atoms with van der Waals surface area (Å²) in [4.78, 5) is 25.5. The van der Waals surface area contributed by atoms with Gasteiger partial charge in [-0.3, -0.25) is 4.79 Å². The van der Waals surface area contributed by atoms with Gasteiger partial charge in [0.15, 0.2) is 6.61 Å². The second-order valence-electron chi connectivity index (χ2n) is 4.87. The largest absolute Gasteiger partial charge is 0.481 e. The molecule has 3 rings (SSSR count). The lowest BCUT2D eigenvalue weighted by Crippen LogP contribution is -2.19. The summed E-state index contributed by atoms with van der Waals surface area (Å²) in [6, 6.07) is 5.36. The van der Waals surface area contributed by atoms with Crippen molar-refractivity contribution in [3.05, 3.63) is 29.5 Å². The van der Waals surface area contributed by atoms with Crippen molar-refractivity contribution in [2.45, 2.75) is 18.8 Å². The SMILES string of the molecule is NC(=O)C1CCc2[nH]c3cccc(OCC(=O)O)c3c21. The van der Waals surface area contributed by atoms with Crippen LogP contribution in [0, 0.1) is 0 Å². The first-order valence-electron chi connectivity index (χ1n) is 6.35. The Morgan fingerprint density at radius 3 is 2.95 bits per heavy atom. The van der Waals surface area contributed by atoms with Gasteiger partial charge in [0, 0.05) is 16.6 Å². The van der Waals surface area contributed by atoms with Crippen LogP contribution in [-0.4, -0.2) is 28.6 Å². The molecule has 0 saturated heterocycles. The van der Waals surface area contributed by atoms with Crippen LogP contribution < -0.4 is 10.5 Å². The normalized spacial score (nSPS) is 17.1. The van der Waals surface area contributed by atoms with Crippen molar-refractivity contribution in [2.75, 3.05) is 6.61 Å². The number of amides is 1. The molecular weight excluding hydrogens is 260 g/mol. The number of aryl methyl sites for hydroxylation is 1. The van der Waals surface area contributed by atoms with Gasteiger partial charge in [0.2, 0.25) is 5.91 Å². The third kappa shape index (κ3) is 1.89. The lowest BCUT2D eigenvalue weighted by molar-refractivity contribution is -0.139. The highest BCUT2D eigenvalue weighted by Crippen LogP contribution is 2.42. The van der Waals surface area contributed by atoms with E-state index >= 15 is 0 Å². The molecule has 2 aromatic rings. The van der Waals surface area contributed by atoms with E-state index in [4.69, 9.17) is 15.6 Å². The summed E-state index contributed by atoms with van der Waals surface area (Å²) < 4.78 is 5.32. The number of carboxylic acids is 1. The zero-order valence-corrected chi connectivity index (χ0v) is 10.7. The number of aromatic nitrogens is 1. The third-order valence-corrected chi connectivity index (χ3v) is 3.63. The first kappa shape index (κ1) is 12.5. The van der Waals surface area contributed by atoms with E-state index in [1.807, 2.05) is 6.07 Å². The third-order valence-electron chi connectivity index (χ3n) is 3.63. The maximum atomic E-state index is 11.6. The lowest BCUT2D eigenvalue weighted by Gasteiger charge is -2.10. The van der Waals surface area contributed by atoms with E-state index in [0.717, 1.165) is 28.6 Å². The number of hydrogen-bond donors (Lipinski definition) is 3. The number of aliphatic carboxylic acids is 1. The highest BCUT2D eigenvalue weighted by molar-refractivity contribution is 5.97. The van der Waals surface area contributed by atoms with E-state index in [2.05, 4.69) is 4.98 Å². The molecule has 0 aliphatic heterocycles. The number of nitrogens with two attached hydrogens (primary N) is 1. The van der Waals surface area contributed by atoms with Gasteiger partial charge >= 0.3 is 5.97 Å². The van der Waals surface area contributed by atoms with Crippen molar-refractivity contribution in [1.29, 1.82) is 0 Å². The molecule has 1 aliphatic rings. The predicted molar refractivity (Wildman–Crippen MR) is 71.7 cm³/mol. The Bertz CT molecular complexity index is 705. The predicted octanol–water partition coefficient (Wildman–Crippen LogP) is 1.15. The molecule has 1 unspecified atom stereocenters. The Labute approximate surface area is 114 Å². The van der Waals surface area contributed by atoms with Crippen LogP contribution in [0.3, 0.4) is 0 Å². The lowest BCUT2D eigenvalue weighted by atomic mass is 9.99. The van der Waals surface area contributed by atoms with Crippen molar-refractivity contribution in [3.8, 4) is 5.75 Å². The minimum atomic E-state index is -1.04. The first-order valence-corrected chi connectivity index (χ1v) is 6.35. The summed E-state index contributed by atoms with van der Waals surface area (Å²) in [6.07, 6.45) is 1.44. The number of carbonyl (C=O) groups is 2. The van der Waals surface area contributed by atoms with Crippen LogP contribution in [0.15, 0.2) is 18.2 Å². The molecular formula is C14H14N2O4. The molecule has 20 heavy (non-hydrogen) atoms. The Morgan fingerprint density at radius 1 is 1.45 bits per heavy atom. The highest BCUT2D eigenvalue weighted by atomic mass is 16.5. The van der Waals surface area contributed by atoms with Crippen LogP contribution in [0.5, 0.6) is 5.75 Å². The number of benzene rings is 1. The van der Waals surface area contributed by atoms with Gasteiger partial charge in [-0.2, -0.15) is 0 Å². The maximum absolute atomic E-state index is 11.6. The summed E-state index contributed by atoms with van der Waals surface area (Å²) in [5, 5.41) is 9.49. The van der Waals surface area contributed by atoms with Crippen LogP contribution in [0.1, 0.15) is 23.6 Å². The molecule has 1 aromatic carbocycles. The molecule has 1 heterocycles. The Morgan fingerprint density at radius 2 is 2.25 bits per heavy atom. The number of fused-ring (bicyclic) bond motifs is 3. The number of carbonyl (C=O) groups excluding carboxylic acids is 1. The Hall–Kier alpha value is -2.50. The molecule has 1 amide bonds. The van der Waals surface area contributed by atoms with E-state index < -0.39 is 12.6 Å². The number of H-pyrrole nitrogens is 1. The molecule has 6 nitrogen and oxygen atoms in total. The molecule has 0 radical (unpaired) electrons. The zero-order chi connectivity index (χ0) is 14.3. The zero-order valence-electron chi connectivity index (χ0n) is 10.7. The van der Waals surface area contributed by atoms with E-state index in [1.165, 1.54) is 0 Å². The molecule has 1 aliphatic carbocycles. The molecule has 0 bridgehead atoms. The van der Waals surface area contributed by atoms with Gasteiger partial charge in [0.25, 0.3) is 0 Å². The average molecular weight is 274 g/mol. The van der Waals surface area contributed by atoms with E-state index in [0.29, 0.717) is 12.2 Å². The van der Waals surface area contributed by atoms with Crippen molar-refractivity contribution in [3.63, 3.8) is 0 Å². The highest BCUT2D eigenvalue weighted by Gasteiger charge is 2.32. The smallest absolute Gasteiger partial charge is 0.341 e. The van der Waals surface area contributed by atoms with Gasteiger partial charge in [-0.05, 0) is 30.5 Å². The second-order valence-corrected chi connectivity index (χ2v) is 4.87. The summed E-state index contributed by atoms with van der Waals surface area (Å²) in [6.45, 7) is -0.416. The van der Waals surface area contributed by atoms with Gasteiger partial charge in [-0.25, -0.2) is 4.79 Å². The van der Waals surface area contributed by atoms with Gasteiger partial charge < -0.3 is 20.6 Å². The summed E-state index contributed by atoms with van der Waals surface area (Å²) >= 11 is 0. The summed E-state index contributed by atoms with van der Waals surface area (Å²) in [5.74, 6) is -1.28. The number of nitrogens with one attached hydrogen (secondary N) is 1. The number of rotatable bonds is 4. The van der Waals surface area contributed by atoms with Crippen molar-refractivity contribution in [2.24, 2.45) is 5.73 Å². The molecule has 0 saturated carbocycles. The summed E-state index contributed by atoms with van der Waals surface area (Å²) in [5.41, 5.74) is 8.12. The van der Waals surface area contributed by atoms with Crippen LogP contribution in [-0.2, 0) is 16.0 Å². The quantitative estimate of drug-likeness (QED) is 0.777. The minimum Gasteiger partial charge on any atom is -0.481 e. The topological polar surface area (TPSA) is 105 Å². The molecule has 104 valence electrons. The Balaban J connectivity index is 2.13. The minimum absolute atomic E-state index is 0.340. The van der Waals surface area contributed by atoms with E-state index in [1.54, 1.807) is 12.1 Å². The van der Waals surface area contributed by atoms with Crippen LogP contribution in [0.2, 0.25) is 0 Å². The standard InChI is InChI=1S/C14H14N2O4/c15-14(19)7-4-5-9-12(7)13-8(16-9)2-1-3-10(13)20-6-11(17)18/h1-3,7,16H,4-6H2,(H2,15,19)(H,17,18). The molecule has 0 spiro atoms. The number of primary amides is 1. The molecule has 1 aromatic heterocycles. The Kier molecular flexibility index (Phi) is 2.85. The van der Waals surface area contributed by atoms with Crippen molar-refractivity contribution in [1.82, 2.24) is 4.98 Å². The van der Waals surface area contributed by atoms with Gasteiger partial charge in [-0.1, -0.05) is 6.07 Å². The second kappa shape index (κ2) is 4.56. The summed E-state index contributed by atoms with van der Waals surface area (Å²) in [7, 11) is 0. The molecule has 4 N–H and O–H groups in total.